The molecule has 1 saturated heterocycles. The summed E-state index contributed by atoms with van der Waals surface area (Å²) in [6, 6.07) is 15.9. The third kappa shape index (κ3) is 7.26. The normalized spacial score (nSPS) is 13.5. The number of nitrogens with zero attached hydrogens (tertiary/aromatic N) is 5. The molecule has 1 aliphatic heterocycles. The van der Waals surface area contributed by atoms with Crippen molar-refractivity contribution in [2.24, 2.45) is 0 Å². The number of ether oxygens (including phenoxy) is 3. The molecule has 0 bridgehead atoms. The van der Waals surface area contributed by atoms with E-state index in [0.29, 0.717) is 30.6 Å². The van der Waals surface area contributed by atoms with Gasteiger partial charge in [-0.05, 0) is 67.7 Å². The van der Waals surface area contributed by atoms with Crippen molar-refractivity contribution in [3.63, 3.8) is 0 Å². The first-order valence-corrected chi connectivity index (χ1v) is 16.3. The van der Waals surface area contributed by atoms with Crippen LogP contribution in [0.15, 0.2) is 65.5 Å². The average Bonchev–Trinajstić information content (AvgIpc) is 3.83. The first-order valence-electron chi connectivity index (χ1n) is 14.6. The van der Waals surface area contributed by atoms with Gasteiger partial charge in [-0.25, -0.2) is 14.6 Å². The summed E-state index contributed by atoms with van der Waals surface area (Å²) in [5.74, 6) is 1.86. The zero-order valence-electron chi connectivity index (χ0n) is 24.4. The predicted octanol–water partition coefficient (Wildman–Crippen LogP) is 7.68. The Balaban J connectivity index is 1.14. The van der Waals surface area contributed by atoms with Crippen LogP contribution in [0.3, 0.4) is 0 Å². The van der Waals surface area contributed by atoms with Gasteiger partial charge in [0.05, 0.1) is 34.8 Å². The van der Waals surface area contributed by atoms with Gasteiger partial charge in [-0.2, -0.15) is 0 Å². The molecular formula is C33H35N5O3S2. The van der Waals surface area contributed by atoms with Crippen LogP contribution in [0.4, 0.5) is 5.13 Å². The minimum atomic E-state index is 0.325. The molecule has 6 rings (SSSR count). The Bertz CT molecular complexity index is 1650. The van der Waals surface area contributed by atoms with Gasteiger partial charge in [0.2, 0.25) is 5.88 Å². The van der Waals surface area contributed by atoms with Gasteiger partial charge < -0.3 is 19.1 Å². The smallest absolute Gasteiger partial charge is 0.240 e. The molecule has 0 aliphatic carbocycles. The summed E-state index contributed by atoms with van der Waals surface area (Å²) in [7, 11) is 1.65. The molecule has 2 aromatic carbocycles. The molecule has 43 heavy (non-hydrogen) atoms. The summed E-state index contributed by atoms with van der Waals surface area (Å²) in [6.07, 6.45) is 10.7. The zero-order chi connectivity index (χ0) is 29.4. The van der Waals surface area contributed by atoms with Crippen LogP contribution in [0.1, 0.15) is 53.7 Å². The SMILES string of the molecule is CCc1nc(/C=C\c2cn(-c3ccccc3)nc2OCc2ccc(OCc3csc(N4CCCCC4)n3)c(OC)c2)cs1. The van der Waals surface area contributed by atoms with E-state index in [4.69, 9.17) is 24.3 Å². The van der Waals surface area contributed by atoms with Gasteiger partial charge in [0.25, 0.3) is 0 Å². The summed E-state index contributed by atoms with van der Waals surface area (Å²) < 4.78 is 19.9. The van der Waals surface area contributed by atoms with E-state index in [1.54, 1.807) is 29.8 Å². The predicted molar refractivity (Wildman–Crippen MR) is 174 cm³/mol. The summed E-state index contributed by atoms with van der Waals surface area (Å²) in [4.78, 5) is 11.8. The van der Waals surface area contributed by atoms with Crippen LogP contribution < -0.4 is 19.1 Å². The molecule has 5 aromatic rings. The van der Waals surface area contributed by atoms with Crippen LogP contribution in [0.5, 0.6) is 17.4 Å². The third-order valence-electron chi connectivity index (χ3n) is 7.18. The Morgan fingerprint density at radius 3 is 2.53 bits per heavy atom. The standard InChI is InChI=1S/C33H35N5O3S2/c1-3-31-34-26(22-42-31)14-13-25-19-38(28-10-6-4-7-11-28)36-32(25)41-20-24-12-15-29(30(18-24)39-2)40-21-27-23-43-33(35-27)37-16-8-5-9-17-37/h4,6-7,10-15,18-19,22-23H,3,5,8-9,16-17,20-21H2,1-2H3/b14-13-. The summed E-state index contributed by atoms with van der Waals surface area (Å²) in [5, 5.41) is 11.1. The maximum absolute atomic E-state index is 6.26. The van der Waals surface area contributed by atoms with Crippen molar-refractivity contribution >= 4 is 40.0 Å². The number of hydrogen-bond donors (Lipinski definition) is 0. The summed E-state index contributed by atoms with van der Waals surface area (Å²) >= 11 is 3.36. The van der Waals surface area contributed by atoms with E-state index in [1.165, 1.54) is 19.3 Å². The van der Waals surface area contributed by atoms with Gasteiger partial charge in [0.1, 0.15) is 13.2 Å². The molecule has 0 unspecified atom stereocenters. The van der Waals surface area contributed by atoms with E-state index in [2.05, 4.69) is 27.6 Å². The molecule has 0 spiro atoms. The van der Waals surface area contributed by atoms with Gasteiger partial charge in [-0.3, -0.25) is 0 Å². The van der Waals surface area contributed by atoms with Crippen molar-refractivity contribution < 1.29 is 14.2 Å². The molecule has 0 saturated carbocycles. The van der Waals surface area contributed by atoms with Gasteiger partial charge in [-0.1, -0.05) is 31.2 Å². The number of rotatable bonds is 12. The lowest BCUT2D eigenvalue weighted by Crippen LogP contribution is -2.29. The maximum atomic E-state index is 6.26. The highest BCUT2D eigenvalue weighted by Crippen LogP contribution is 2.31. The Morgan fingerprint density at radius 1 is 0.884 bits per heavy atom. The van der Waals surface area contributed by atoms with Crippen molar-refractivity contribution in [1.29, 1.82) is 0 Å². The number of thiazole rings is 2. The molecule has 4 heterocycles. The minimum Gasteiger partial charge on any atom is -0.493 e. The number of methoxy groups -OCH3 is 1. The fourth-order valence-corrected chi connectivity index (χ4v) is 6.44. The van der Waals surface area contributed by atoms with Crippen molar-refractivity contribution in [3.05, 3.63) is 93.0 Å². The number of para-hydroxylation sites is 1. The zero-order valence-corrected chi connectivity index (χ0v) is 26.1. The van der Waals surface area contributed by atoms with Crippen molar-refractivity contribution in [2.45, 2.75) is 45.8 Å². The van der Waals surface area contributed by atoms with Gasteiger partial charge in [0.15, 0.2) is 16.6 Å². The lowest BCUT2D eigenvalue weighted by Gasteiger charge is -2.25. The van der Waals surface area contributed by atoms with Crippen molar-refractivity contribution in [2.75, 3.05) is 25.1 Å². The van der Waals surface area contributed by atoms with Crippen LogP contribution in [0.2, 0.25) is 0 Å². The minimum absolute atomic E-state index is 0.325. The van der Waals surface area contributed by atoms with Crippen LogP contribution in [-0.4, -0.2) is 39.9 Å². The molecule has 1 aliphatic rings. The lowest BCUT2D eigenvalue weighted by molar-refractivity contribution is 0.276. The second-order valence-corrected chi connectivity index (χ2v) is 12.0. The molecule has 0 N–H and O–H groups in total. The Labute approximate surface area is 260 Å². The fraction of sp³-hybridized carbons (Fsp3) is 0.303. The topological polar surface area (TPSA) is 74.5 Å². The van der Waals surface area contributed by atoms with Crippen LogP contribution >= 0.6 is 22.7 Å². The molecular weight excluding hydrogens is 579 g/mol. The molecule has 222 valence electrons. The van der Waals surface area contributed by atoms with Crippen LogP contribution in [-0.2, 0) is 19.6 Å². The molecule has 3 aromatic heterocycles. The third-order valence-corrected chi connectivity index (χ3v) is 9.14. The first kappa shape index (κ1) is 28.9. The van der Waals surface area contributed by atoms with E-state index in [9.17, 15) is 0 Å². The number of hydrogen-bond acceptors (Lipinski definition) is 9. The Morgan fingerprint density at radius 2 is 1.74 bits per heavy atom. The number of piperidine rings is 1. The highest BCUT2D eigenvalue weighted by atomic mass is 32.1. The molecule has 0 atom stereocenters. The van der Waals surface area contributed by atoms with E-state index < -0.39 is 0 Å². The molecule has 1 fully saturated rings. The van der Waals surface area contributed by atoms with E-state index in [0.717, 1.165) is 57.9 Å². The Hall–Kier alpha value is -4.15. The largest absolute Gasteiger partial charge is 0.493 e. The highest BCUT2D eigenvalue weighted by molar-refractivity contribution is 7.13. The summed E-state index contributed by atoms with van der Waals surface area (Å²) in [6.45, 7) is 5.00. The number of anilines is 1. The maximum Gasteiger partial charge on any atom is 0.240 e. The van der Waals surface area contributed by atoms with Crippen molar-refractivity contribution in [1.82, 2.24) is 19.7 Å². The molecule has 0 radical (unpaired) electrons. The average molecular weight is 614 g/mol. The highest BCUT2D eigenvalue weighted by Gasteiger charge is 2.16. The fourth-order valence-electron chi connectivity index (χ4n) is 4.87. The second-order valence-electron chi connectivity index (χ2n) is 10.3. The number of aromatic nitrogens is 4. The monoisotopic (exact) mass is 613 g/mol. The van der Waals surface area contributed by atoms with Gasteiger partial charge in [0, 0.05) is 30.0 Å². The van der Waals surface area contributed by atoms with Crippen molar-refractivity contribution in [3.8, 4) is 23.1 Å². The first-order chi connectivity index (χ1) is 21.2. The molecule has 0 amide bonds. The van der Waals surface area contributed by atoms with E-state index in [1.807, 2.05) is 71.6 Å². The lowest BCUT2D eigenvalue weighted by atomic mass is 10.1. The Kier molecular flexibility index (Phi) is 9.34. The van der Waals surface area contributed by atoms with E-state index >= 15 is 0 Å². The number of benzene rings is 2. The molecule has 10 heteroatoms. The second kappa shape index (κ2) is 13.9. The summed E-state index contributed by atoms with van der Waals surface area (Å²) in [5.41, 5.74) is 4.63. The van der Waals surface area contributed by atoms with Crippen LogP contribution in [0, 0.1) is 0 Å². The van der Waals surface area contributed by atoms with E-state index in [-0.39, 0.29) is 0 Å². The quantitative estimate of drug-likeness (QED) is 0.143. The van der Waals surface area contributed by atoms with Crippen LogP contribution in [0.25, 0.3) is 17.8 Å². The molecule has 8 nitrogen and oxygen atoms in total. The van der Waals surface area contributed by atoms with Gasteiger partial charge in [-0.15, -0.1) is 27.8 Å². The van der Waals surface area contributed by atoms with Gasteiger partial charge >= 0.3 is 0 Å². The number of aryl methyl sites for hydroxylation is 1.